The van der Waals surface area contributed by atoms with Gasteiger partial charge in [0.15, 0.2) is 0 Å². The van der Waals surface area contributed by atoms with Gasteiger partial charge in [0.25, 0.3) is 0 Å². The van der Waals surface area contributed by atoms with Crippen LogP contribution in [0.3, 0.4) is 0 Å². The van der Waals surface area contributed by atoms with E-state index >= 15 is 0 Å². The predicted octanol–water partition coefficient (Wildman–Crippen LogP) is 2.06. The van der Waals surface area contributed by atoms with E-state index in [4.69, 9.17) is 4.74 Å². The standard InChI is InChI=1S/C18H19FN2O4S/c1-26(23,24)20-17-9-10-21(18(17)22)15-5-7-16(8-6-15)25-12-13-3-2-4-14(19)11-13/h2-8,11,17,20H,9-10,12H2,1H3/t17-/m0/s1. The summed E-state index contributed by atoms with van der Waals surface area (Å²) in [6.45, 7) is 0.676. The molecule has 1 aliphatic heterocycles. The van der Waals surface area contributed by atoms with Crippen LogP contribution in [0.15, 0.2) is 48.5 Å². The molecule has 2 aromatic rings. The summed E-state index contributed by atoms with van der Waals surface area (Å²) in [5, 5.41) is 0. The van der Waals surface area contributed by atoms with E-state index in [1.165, 1.54) is 12.1 Å². The van der Waals surface area contributed by atoms with Gasteiger partial charge in [-0.3, -0.25) is 4.79 Å². The molecule has 0 saturated carbocycles. The van der Waals surface area contributed by atoms with Crippen LogP contribution in [0, 0.1) is 5.82 Å². The zero-order valence-corrected chi connectivity index (χ0v) is 15.0. The van der Waals surface area contributed by atoms with Gasteiger partial charge in [0, 0.05) is 12.2 Å². The SMILES string of the molecule is CS(=O)(=O)N[C@H]1CCN(c2ccc(OCc3cccc(F)c3)cc2)C1=O. The quantitative estimate of drug-likeness (QED) is 0.835. The van der Waals surface area contributed by atoms with Crippen molar-refractivity contribution in [3.63, 3.8) is 0 Å². The van der Waals surface area contributed by atoms with Crippen LogP contribution in [-0.4, -0.2) is 33.2 Å². The number of carbonyl (C=O) groups is 1. The molecule has 1 heterocycles. The maximum atomic E-state index is 13.2. The number of nitrogens with one attached hydrogen (secondary N) is 1. The van der Waals surface area contributed by atoms with Crippen LogP contribution in [0.5, 0.6) is 5.75 Å². The number of benzene rings is 2. The number of halogens is 1. The van der Waals surface area contributed by atoms with Crippen molar-refractivity contribution in [1.82, 2.24) is 4.72 Å². The first-order valence-corrected chi connectivity index (χ1v) is 9.97. The molecule has 1 aliphatic rings. The summed E-state index contributed by atoms with van der Waals surface area (Å²) < 4.78 is 43.7. The van der Waals surface area contributed by atoms with Crippen molar-refractivity contribution in [2.75, 3.05) is 17.7 Å². The number of nitrogens with zero attached hydrogens (tertiary/aromatic N) is 1. The first kappa shape index (κ1) is 18.3. The van der Waals surface area contributed by atoms with Crippen LogP contribution in [0.2, 0.25) is 0 Å². The lowest BCUT2D eigenvalue weighted by Crippen LogP contribution is -2.40. The fourth-order valence-corrected chi connectivity index (χ4v) is 3.56. The molecule has 26 heavy (non-hydrogen) atoms. The highest BCUT2D eigenvalue weighted by Gasteiger charge is 2.34. The van der Waals surface area contributed by atoms with Crippen molar-refractivity contribution >= 4 is 21.6 Å². The van der Waals surface area contributed by atoms with E-state index in [1.54, 1.807) is 41.3 Å². The van der Waals surface area contributed by atoms with E-state index in [1.807, 2.05) is 0 Å². The average molecular weight is 378 g/mol. The number of carbonyl (C=O) groups excluding carboxylic acids is 1. The van der Waals surface area contributed by atoms with E-state index in [-0.39, 0.29) is 18.3 Å². The molecule has 1 atom stereocenters. The minimum absolute atomic E-state index is 0.236. The molecule has 2 aromatic carbocycles. The van der Waals surface area contributed by atoms with Gasteiger partial charge in [-0.25, -0.2) is 17.5 Å². The van der Waals surface area contributed by atoms with Crippen molar-refractivity contribution in [2.45, 2.75) is 19.1 Å². The van der Waals surface area contributed by atoms with E-state index in [2.05, 4.69) is 4.72 Å². The Morgan fingerprint density at radius 3 is 2.62 bits per heavy atom. The Hall–Kier alpha value is -2.45. The smallest absolute Gasteiger partial charge is 0.245 e. The molecule has 8 heteroatoms. The predicted molar refractivity (Wildman–Crippen MR) is 95.9 cm³/mol. The number of sulfonamides is 1. The number of hydrogen-bond donors (Lipinski definition) is 1. The highest BCUT2D eigenvalue weighted by atomic mass is 32.2. The van der Waals surface area contributed by atoms with Crippen molar-refractivity contribution in [1.29, 1.82) is 0 Å². The zero-order chi connectivity index (χ0) is 18.7. The Balaban J connectivity index is 1.62. The van der Waals surface area contributed by atoms with Crippen LogP contribution < -0.4 is 14.4 Å². The van der Waals surface area contributed by atoms with Gasteiger partial charge < -0.3 is 9.64 Å². The largest absolute Gasteiger partial charge is 0.489 e. The minimum atomic E-state index is -3.43. The Morgan fingerprint density at radius 2 is 1.96 bits per heavy atom. The zero-order valence-electron chi connectivity index (χ0n) is 14.2. The van der Waals surface area contributed by atoms with Crippen LogP contribution in [0.1, 0.15) is 12.0 Å². The highest BCUT2D eigenvalue weighted by Crippen LogP contribution is 2.25. The van der Waals surface area contributed by atoms with Crippen LogP contribution in [0.25, 0.3) is 0 Å². The normalized spacial score (nSPS) is 17.5. The van der Waals surface area contributed by atoms with Crippen LogP contribution >= 0.6 is 0 Å². The first-order chi connectivity index (χ1) is 12.3. The summed E-state index contributed by atoms with van der Waals surface area (Å²) >= 11 is 0. The van der Waals surface area contributed by atoms with E-state index in [0.29, 0.717) is 24.4 Å². The van der Waals surface area contributed by atoms with Gasteiger partial charge in [0.2, 0.25) is 15.9 Å². The van der Waals surface area contributed by atoms with E-state index < -0.39 is 16.1 Å². The van der Waals surface area contributed by atoms with Crippen molar-refractivity contribution in [3.05, 3.63) is 59.9 Å². The van der Waals surface area contributed by atoms with Gasteiger partial charge in [-0.1, -0.05) is 12.1 Å². The second-order valence-corrected chi connectivity index (χ2v) is 7.91. The molecule has 138 valence electrons. The van der Waals surface area contributed by atoms with Crippen LogP contribution in [0.4, 0.5) is 10.1 Å². The van der Waals surface area contributed by atoms with E-state index in [9.17, 15) is 17.6 Å². The Labute approximate surface area is 151 Å². The van der Waals surface area contributed by atoms with Gasteiger partial charge in [-0.05, 0) is 48.4 Å². The van der Waals surface area contributed by atoms with Crippen LogP contribution in [-0.2, 0) is 21.4 Å². The Bertz CT molecular complexity index is 900. The molecule has 1 saturated heterocycles. The van der Waals surface area contributed by atoms with E-state index in [0.717, 1.165) is 11.8 Å². The monoisotopic (exact) mass is 378 g/mol. The second kappa shape index (κ2) is 7.43. The average Bonchev–Trinajstić information content (AvgIpc) is 2.93. The Kier molecular flexibility index (Phi) is 5.24. The molecule has 0 bridgehead atoms. The number of ether oxygens (including phenoxy) is 1. The van der Waals surface area contributed by atoms with Gasteiger partial charge in [-0.2, -0.15) is 0 Å². The summed E-state index contributed by atoms with van der Waals surface area (Å²) in [5.41, 5.74) is 1.39. The summed E-state index contributed by atoms with van der Waals surface area (Å²) in [5.74, 6) is 0.00516. The third kappa shape index (κ3) is 4.59. The summed E-state index contributed by atoms with van der Waals surface area (Å²) in [4.78, 5) is 13.9. The third-order valence-electron chi connectivity index (χ3n) is 4.00. The molecule has 0 aromatic heterocycles. The lowest BCUT2D eigenvalue weighted by atomic mass is 10.2. The molecule has 0 spiro atoms. The van der Waals surface area contributed by atoms with Gasteiger partial charge in [-0.15, -0.1) is 0 Å². The molecule has 1 fully saturated rings. The maximum Gasteiger partial charge on any atom is 0.245 e. The fraction of sp³-hybridized carbons (Fsp3) is 0.278. The molecule has 6 nitrogen and oxygen atoms in total. The van der Waals surface area contributed by atoms with Gasteiger partial charge in [0.1, 0.15) is 24.2 Å². The summed E-state index contributed by atoms with van der Waals surface area (Å²) in [7, 11) is -3.43. The molecular formula is C18H19FN2O4S. The topological polar surface area (TPSA) is 75.7 Å². The summed E-state index contributed by atoms with van der Waals surface area (Å²) in [6, 6.07) is 12.4. The number of rotatable bonds is 6. The Morgan fingerprint density at radius 1 is 1.23 bits per heavy atom. The van der Waals surface area contributed by atoms with Gasteiger partial charge >= 0.3 is 0 Å². The molecule has 1 amide bonds. The number of hydrogen-bond acceptors (Lipinski definition) is 4. The minimum Gasteiger partial charge on any atom is -0.489 e. The molecule has 3 rings (SSSR count). The van der Waals surface area contributed by atoms with Gasteiger partial charge in [0.05, 0.1) is 6.26 Å². The summed E-state index contributed by atoms with van der Waals surface area (Å²) in [6.07, 6.45) is 1.46. The lowest BCUT2D eigenvalue weighted by Gasteiger charge is -2.17. The third-order valence-corrected chi connectivity index (χ3v) is 4.72. The van der Waals surface area contributed by atoms with Crippen molar-refractivity contribution in [3.8, 4) is 5.75 Å². The molecule has 0 unspecified atom stereocenters. The lowest BCUT2D eigenvalue weighted by molar-refractivity contribution is -0.118. The highest BCUT2D eigenvalue weighted by molar-refractivity contribution is 7.88. The molecule has 1 N–H and O–H groups in total. The fourth-order valence-electron chi connectivity index (χ4n) is 2.82. The number of amides is 1. The van der Waals surface area contributed by atoms with Crippen molar-refractivity contribution in [2.24, 2.45) is 0 Å². The maximum absolute atomic E-state index is 13.2. The molecular weight excluding hydrogens is 359 g/mol. The molecule has 0 aliphatic carbocycles. The first-order valence-electron chi connectivity index (χ1n) is 8.08. The second-order valence-electron chi connectivity index (χ2n) is 6.13. The van der Waals surface area contributed by atoms with Crippen molar-refractivity contribution < 1.29 is 22.3 Å². The molecule has 0 radical (unpaired) electrons. The number of anilines is 1.